The molecule has 7 aromatic carbocycles. The summed E-state index contributed by atoms with van der Waals surface area (Å²) in [6.07, 6.45) is 10.3. The Labute approximate surface area is 284 Å². The summed E-state index contributed by atoms with van der Waals surface area (Å²) in [5.41, 5.74) is 14.3. The van der Waals surface area contributed by atoms with Crippen LogP contribution in [-0.2, 0) is 0 Å². The van der Waals surface area contributed by atoms with Crippen molar-refractivity contribution in [2.45, 2.75) is 34.1 Å². The van der Waals surface area contributed by atoms with Gasteiger partial charge in [0.25, 0.3) is 0 Å². The fraction of sp³-hybridized carbons (Fsp3) is 0.125. The molecule has 1 aliphatic rings. The predicted octanol–water partition coefficient (Wildman–Crippen LogP) is 13.7. The highest BCUT2D eigenvalue weighted by atomic mass is 14.2. The lowest BCUT2D eigenvalue weighted by molar-refractivity contribution is 0.777. The molecule has 1 aliphatic carbocycles. The zero-order chi connectivity index (χ0) is 32.8. The number of benzene rings is 7. The van der Waals surface area contributed by atoms with E-state index in [1.807, 2.05) is 0 Å². The van der Waals surface area contributed by atoms with E-state index in [2.05, 4.69) is 179 Å². The third-order valence-corrected chi connectivity index (χ3v) is 10.3. The molecule has 0 saturated heterocycles. The van der Waals surface area contributed by atoms with Gasteiger partial charge in [0, 0.05) is 0 Å². The molecule has 0 radical (unpaired) electrons. The van der Waals surface area contributed by atoms with Crippen LogP contribution in [0.25, 0.3) is 71.3 Å². The van der Waals surface area contributed by atoms with E-state index in [9.17, 15) is 0 Å². The molecule has 0 heterocycles. The van der Waals surface area contributed by atoms with Gasteiger partial charge in [-0.3, -0.25) is 0 Å². The molecule has 232 valence electrons. The van der Waals surface area contributed by atoms with Gasteiger partial charge in [-0.25, -0.2) is 0 Å². The second-order valence-electron chi connectivity index (χ2n) is 13.3. The van der Waals surface area contributed by atoms with Crippen molar-refractivity contribution in [3.63, 3.8) is 0 Å². The third-order valence-electron chi connectivity index (χ3n) is 10.3. The van der Waals surface area contributed by atoms with Gasteiger partial charge in [-0.1, -0.05) is 153 Å². The monoisotopic (exact) mass is 616 g/mol. The van der Waals surface area contributed by atoms with Crippen molar-refractivity contribution >= 4 is 37.9 Å². The number of fused-ring (bicyclic) bond motifs is 3. The van der Waals surface area contributed by atoms with Crippen LogP contribution in [0.1, 0.15) is 37.0 Å². The smallest absolute Gasteiger partial charge is 0.00201 e. The maximum absolute atomic E-state index is 2.45. The van der Waals surface area contributed by atoms with Gasteiger partial charge in [0.05, 0.1) is 0 Å². The second kappa shape index (κ2) is 12.3. The van der Waals surface area contributed by atoms with Gasteiger partial charge < -0.3 is 0 Å². The Hall–Kier alpha value is -5.46. The fourth-order valence-corrected chi connectivity index (χ4v) is 7.97. The molecular formula is C48H40. The molecule has 0 nitrogen and oxygen atoms in total. The maximum atomic E-state index is 2.45. The molecule has 0 N–H and O–H groups in total. The first-order valence-corrected chi connectivity index (χ1v) is 17.2. The van der Waals surface area contributed by atoms with Crippen LogP contribution in [0.2, 0.25) is 0 Å². The first kappa shape index (κ1) is 29.9. The molecular weight excluding hydrogens is 577 g/mol. The van der Waals surface area contributed by atoms with Crippen molar-refractivity contribution in [2.24, 2.45) is 5.92 Å². The van der Waals surface area contributed by atoms with Crippen LogP contribution < -0.4 is 0 Å². The van der Waals surface area contributed by atoms with Gasteiger partial charge in [-0.15, -0.1) is 0 Å². The molecule has 0 heteroatoms. The Morgan fingerprint density at radius 1 is 0.479 bits per heavy atom. The van der Waals surface area contributed by atoms with Crippen LogP contribution in [-0.4, -0.2) is 0 Å². The highest BCUT2D eigenvalue weighted by Crippen LogP contribution is 2.46. The molecule has 0 aromatic heterocycles. The lowest BCUT2D eigenvalue weighted by Gasteiger charge is -2.20. The number of aryl methyl sites for hydroxylation is 2. The van der Waals surface area contributed by atoms with Crippen LogP contribution in [0.4, 0.5) is 0 Å². The highest BCUT2D eigenvalue weighted by molar-refractivity contribution is 6.24. The van der Waals surface area contributed by atoms with Crippen molar-refractivity contribution in [1.82, 2.24) is 0 Å². The Kier molecular flexibility index (Phi) is 7.66. The number of allylic oxidation sites excluding steroid dienone is 6. The molecule has 48 heavy (non-hydrogen) atoms. The Morgan fingerprint density at radius 3 is 1.58 bits per heavy atom. The van der Waals surface area contributed by atoms with Crippen molar-refractivity contribution < 1.29 is 0 Å². The largest absolute Gasteiger partial charge is 0.0776 e. The van der Waals surface area contributed by atoms with Gasteiger partial charge in [0.15, 0.2) is 0 Å². The standard InChI is InChI=1S/C48H40/c1-5-34-18-11-15-31(2)45(29-34)35-19-12-20-36(30-35)47-41-21-6-8-23-43(41)48(44-24-9-7-22-42(44)47)40-28-14-25-37-38(40)26-13-27-39(37)46-32(3)16-10-17-33(46)4/h6-30,34H,5H2,1-4H3. The molecule has 1 atom stereocenters. The minimum absolute atomic E-state index is 0.439. The third kappa shape index (κ3) is 5.00. The van der Waals surface area contributed by atoms with Crippen LogP contribution in [0, 0.1) is 19.8 Å². The zero-order valence-corrected chi connectivity index (χ0v) is 28.2. The number of rotatable bonds is 5. The Balaban J connectivity index is 1.40. The molecule has 7 aromatic rings. The summed E-state index contributed by atoms with van der Waals surface area (Å²) < 4.78 is 0. The number of hydrogen-bond donors (Lipinski definition) is 0. The molecule has 8 rings (SSSR count). The average Bonchev–Trinajstić information content (AvgIpc) is 3.31. The van der Waals surface area contributed by atoms with E-state index in [1.165, 1.54) is 93.5 Å². The maximum Gasteiger partial charge on any atom is -0.00201 e. The molecule has 1 unspecified atom stereocenters. The van der Waals surface area contributed by atoms with Gasteiger partial charge in [0.2, 0.25) is 0 Å². The summed E-state index contributed by atoms with van der Waals surface area (Å²) >= 11 is 0. The van der Waals surface area contributed by atoms with E-state index < -0.39 is 0 Å². The van der Waals surface area contributed by atoms with E-state index in [0.29, 0.717) is 5.92 Å². The molecule has 0 aliphatic heterocycles. The Bertz CT molecular complexity index is 2390. The lowest BCUT2D eigenvalue weighted by atomic mass is 9.83. The molecule has 0 spiro atoms. The van der Waals surface area contributed by atoms with E-state index >= 15 is 0 Å². The van der Waals surface area contributed by atoms with Crippen molar-refractivity contribution in [2.75, 3.05) is 0 Å². The van der Waals surface area contributed by atoms with E-state index in [4.69, 9.17) is 0 Å². The quantitative estimate of drug-likeness (QED) is 0.169. The zero-order valence-electron chi connectivity index (χ0n) is 28.2. The van der Waals surface area contributed by atoms with Gasteiger partial charge in [0.1, 0.15) is 0 Å². The van der Waals surface area contributed by atoms with E-state index in [0.717, 1.165) is 6.42 Å². The van der Waals surface area contributed by atoms with Crippen LogP contribution in [0.15, 0.2) is 157 Å². The van der Waals surface area contributed by atoms with Gasteiger partial charge in [-0.05, 0) is 133 Å². The summed E-state index contributed by atoms with van der Waals surface area (Å²) in [4.78, 5) is 0. The van der Waals surface area contributed by atoms with Gasteiger partial charge in [-0.2, -0.15) is 0 Å². The van der Waals surface area contributed by atoms with Crippen LogP contribution >= 0.6 is 0 Å². The van der Waals surface area contributed by atoms with Crippen molar-refractivity contribution in [1.29, 1.82) is 0 Å². The summed E-state index contributed by atoms with van der Waals surface area (Å²) in [5.74, 6) is 0.439. The first-order chi connectivity index (χ1) is 23.5. The predicted molar refractivity (Wildman–Crippen MR) is 209 cm³/mol. The minimum atomic E-state index is 0.439. The molecule has 0 bridgehead atoms. The van der Waals surface area contributed by atoms with Crippen LogP contribution in [0.3, 0.4) is 0 Å². The molecule has 0 fully saturated rings. The lowest BCUT2D eigenvalue weighted by Crippen LogP contribution is -1.95. The summed E-state index contributed by atoms with van der Waals surface area (Å²) in [6.45, 7) is 8.95. The van der Waals surface area contributed by atoms with Gasteiger partial charge >= 0.3 is 0 Å². The first-order valence-electron chi connectivity index (χ1n) is 17.2. The summed E-state index contributed by atoms with van der Waals surface area (Å²) in [6, 6.07) is 47.5. The SMILES string of the molecule is CCC1C=CC=C(C)C(c2cccc(-c3c4ccccc4c(-c4cccc5c(-c6c(C)cccc6C)cccc45)c4ccccc34)c2)=C1. The fourth-order valence-electron chi connectivity index (χ4n) is 7.97. The number of hydrogen-bond acceptors (Lipinski definition) is 0. The highest BCUT2D eigenvalue weighted by Gasteiger charge is 2.20. The van der Waals surface area contributed by atoms with E-state index in [1.54, 1.807) is 0 Å². The normalized spacial score (nSPS) is 14.7. The molecule has 0 amide bonds. The second-order valence-corrected chi connectivity index (χ2v) is 13.3. The van der Waals surface area contributed by atoms with Crippen LogP contribution in [0.5, 0.6) is 0 Å². The van der Waals surface area contributed by atoms with E-state index in [-0.39, 0.29) is 0 Å². The average molecular weight is 617 g/mol. The topological polar surface area (TPSA) is 0 Å². The van der Waals surface area contributed by atoms with Crippen molar-refractivity contribution in [3.05, 3.63) is 174 Å². The molecule has 0 saturated carbocycles. The van der Waals surface area contributed by atoms with Crippen molar-refractivity contribution in [3.8, 4) is 33.4 Å². The summed E-state index contributed by atoms with van der Waals surface area (Å²) in [7, 11) is 0. The Morgan fingerprint density at radius 2 is 0.979 bits per heavy atom. The summed E-state index contributed by atoms with van der Waals surface area (Å²) in [5, 5.41) is 7.69. The minimum Gasteiger partial charge on any atom is -0.0776 e.